The number of halogens is 1. The summed E-state index contributed by atoms with van der Waals surface area (Å²) < 4.78 is 24.1. The largest absolute Gasteiger partial charge is 0.493 e. The zero-order chi connectivity index (χ0) is 19.6. The van der Waals surface area contributed by atoms with Crippen molar-refractivity contribution < 1.29 is 13.7 Å². The second-order valence-corrected chi connectivity index (χ2v) is 7.61. The van der Waals surface area contributed by atoms with E-state index in [9.17, 15) is 4.39 Å². The predicted molar refractivity (Wildman–Crippen MR) is 106 cm³/mol. The molecule has 1 aromatic heterocycles. The molecular weight excluding hydrogens is 371 g/mol. The molecule has 0 spiro atoms. The molecule has 6 nitrogen and oxygen atoms in total. The Balaban J connectivity index is 1.14. The van der Waals surface area contributed by atoms with E-state index in [4.69, 9.17) is 9.26 Å². The SMILES string of the molecule is Fc1ccc(-c2noc(CN3CCN(Cc4ccc5c(c4)CCO5)CC3)n2)cc1. The van der Waals surface area contributed by atoms with Crippen LogP contribution in [0.2, 0.25) is 0 Å². The second kappa shape index (κ2) is 7.93. The number of ether oxygens (including phenoxy) is 1. The molecule has 0 N–H and O–H groups in total. The summed E-state index contributed by atoms with van der Waals surface area (Å²) in [5.41, 5.74) is 3.43. The first-order valence-electron chi connectivity index (χ1n) is 10.0. The smallest absolute Gasteiger partial charge is 0.241 e. The van der Waals surface area contributed by atoms with Crippen molar-refractivity contribution in [1.82, 2.24) is 19.9 Å². The Hall–Kier alpha value is -2.77. The third kappa shape index (κ3) is 4.16. The Labute approximate surface area is 168 Å². The highest BCUT2D eigenvalue weighted by molar-refractivity contribution is 5.53. The normalized spacial score (nSPS) is 17.3. The molecule has 0 unspecified atom stereocenters. The van der Waals surface area contributed by atoms with Gasteiger partial charge in [-0.15, -0.1) is 0 Å². The highest BCUT2D eigenvalue weighted by Crippen LogP contribution is 2.26. The molecule has 3 aromatic rings. The molecule has 5 rings (SSSR count). The van der Waals surface area contributed by atoms with Crippen molar-refractivity contribution in [1.29, 1.82) is 0 Å². The van der Waals surface area contributed by atoms with Crippen LogP contribution >= 0.6 is 0 Å². The number of fused-ring (bicyclic) bond motifs is 1. The Morgan fingerprint density at radius 2 is 1.69 bits per heavy atom. The van der Waals surface area contributed by atoms with Gasteiger partial charge in [-0.1, -0.05) is 17.3 Å². The Morgan fingerprint density at radius 1 is 0.931 bits per heavy atom. The lowest BCUT2D eigenvalue weighted by Crippen LogP contribution is -2.45. The fourth-order valence-electron chi connectivity index (χ4n) is 3.93. The van der Waals surface area contributed by atoms with Gasteiger partial charge in [0.2, 0.25) is 11.7 Å². The summed E-state index contributed by atoms with van der Waals surface area (Å²) in [4.78, 5) is 9.26. The summed E-state index contributed by atoms with van der Waals surface area (Å²) in [5, 5.41) is 4.03. The maximum absolute atomic E-state index is 13.1. The van der Waals surface area contributed by atoms with Gasteiger partial charge in [0.25, 0.3) is 0 Å². The molecule has 3 heterocycles. The minimum atomic E-state index is -0.274. The van der Waals surface area contributed by atoms with Crippen molar-refractivity contribution in [2.75, 3.05) is 32.8 Å². The van der Waals surface area contributed by atoms with Crippen LogP contribution in [0.4, 0.5) is 4.39 Å². The van der Waals surface area contributed by atoms with Gasteiger partial charge in [-0.3, -0.25) is 9.80 Å². The number of nitrogens with zero attached hydrogens (tertiary/aromatic N) is 4. The lowest BCUT2D eigenvalue weighted by molar-refractivity contribution is 0.112. The lowest BCUT2D eigenvalue weighted by atomic mass is 10.1. The number of hydrogen-bond donors (Lipinski definition) is 0. The molecule has 1 saturated heterocycles. The summed E-state index contributed by atoms with van der Waals surface area (Å²) in [6, 6.07) is 12.7. The van der Waals surface area contributed by atoms with E-state index in [0.717, 1.165) is 57.1 Å². The molecular formula is C22H23FN4O2. The third-order valence-electron chi connectivity index (χ3n) is 5.55. The molecule has 0 radical (unpaired) electrons. The summed E-state index contributed by atoms with van der Waals surface area (Å²) in [6.07, 6.45) is 1.01. The summed E-state index contributed by atoms with van der Waals surface area (Å²) in [7, 11) is 0. The van der Waals surface area contributed by atoms with Gasteiger partial charge in [0, 0.05) is 44.7 Å². The van der Waals surface area contributed by atoms with Gasteiger partial charge in [-0.2, -0.15) is 4.98 Å². The standard InChI is InChI=1S/C22H23FN4O2/c23-19-4-2-17(3-5-19)22-24-21(29-25-22)15-27-10-8-26(9-11-27)14-16-1-6-20-18(13-16)7-12-28-20/h1-6,13H,7-12,14-15H2. The van der Waals surface area contributed by atoms with Crippen LogP contribution in [0, 0.1) is 5.82 Å². The van der Waals surface area contributed by atoms with E-state index < -0.39 is 0 Å². The molecule has 0 saturated carbocycles. The number of hydrogen-bond acceptors (Lipinski definition) is 6. The number of piperazine rings is 1. The minimum absolute atomic E-state index is 0.274. The van der Waals surface area contributed by atoms with Crippen LogP contribution in [0.15, 0.2) is 47.0 Å². The van der Waals surface area contributed by atoms with Crippen LogP contribution in [0.1, 0.15) is 17.0 Å². The Bertz CT molecular complexity index is 981. The van der Waals surface area contributed by atoms with Crippen LogP contribution in [0.3, 0.4) is 0 Å². The average molecular weight is 394 g/mol. The summed E-state index contributed by atoms with van der Waals surface area (Å²) >= 11 is 0. The molecule has 2 aliphatic rings. The molecule has 7 heteroatoms. The van der Waals surface area contributed by atoms with Crippen LogP contribution in [-0.2, 0) is 19.5 Å². The van der Waals surface area contributed by atoms with Crippen molar-refractivity contribution in [2.24, 2.45) is 0 Å². The highest BCUT2D eigenvalue weighted by Gasteiger charge is 2.20. The van der Waals surface area contributed by atoms with Gasteiger partial charge in [0.15, 0.2) is 0 Å². The van der Waals surface area contributed by atoms with E-state index in [-0.39, 0.29) is 5.82 Å². The van der Waals surface area contributed by atoms with Crippen molar-refractivity contribution in [3.8, 4) is 17.1 Å². The maximum Gasteiger partial charge on any atom is 0.241 e. The maximum atomic E-state index is 13.1. The van der Waals surface area contributed by atoms with E-state index in [1.165, 1.54) is 23.3 Å². The highest BCUT2D eigenvalue weighted by atomic mass is 19.1. The van der Waals surface area contributed by atoms with Crippen molar-refractivity contribution in [3.05, 3.63) is 65.3 Å². The van der Waals surface area contributed by atoms with Crippen molar-refractivity contribution >= 4 is 0 Å². The summed E-state index contributed by atoms with van der Waals surface area (Å²) in [5.74, 6) is 1.86. The zero-order valence-electron chi connectivity index (χ0n) is 16.2. The quantitative estimate of drug-likeness (QED) is 0.663. The molecule has 2 aromatic carbocycles. The van der Waals surface area contributed by atoms with Crippen LogP contribution < -0.4 is 4.74 Å². The first kappa shape index (κ1) is 18.3. The molecule has 0 aliphatic carbocycles. The van der Waals surface area contributed by atoms with Crippen molar-refractivity contribution in [3.63, 3.8) is 0 Å². The van der Waals surface area contributed by atoms with Crippen LogP contribution in [0.5, 0.6) is 5.75 Å². The molecule has 0 atom stereocenters. The molecule has 1 fully saturated rings. The first-order chi connectivity index (χ1) is 14.2. The van der Waals surface area contributed by atoms with Gasteiger partial charge in [-0.05, 0) is 41.5 Å². The van der Waals surface area contributed by atoms with E-state index >= 15 is 0 Å². The predicted octanol–water partition coefficient (Wildman–Crippen LogP) is 3.13. The van der Waals surface area contributed by atoms with E-state index in [1.54, 1.807) is 12.1 Å². The summed E-state index contributed by atoms with van der Waals surface area (Å²) in [6.45, 7) is 6.34. The third-order valence-corrected chi connectivity index (χ3v) is 5.55. The van der Waals surface area contributed by atoms with Gasteiger partial charge >= 0.3 is 0 Å². The van der Waals surface area contributed by atoms with Gasteiger partial charge in [0.05, 0.1) is 13.2 Å². The van der Waals surface area contributed by atoms with Crippen molar-refractivity contribution in [2.45, 2.75) is 19.5 Å². The number of aromatic nitrogens is 2. The fourth-order valence-corrected chi connectivity index (χ4v) is 3.93. The van der Waals surface area contributed by atoms with E-state index in [2.05, 4.69) is 38.1 Å². The molecule has 0 amide bonds. The second-order valence-electron chi connectivity index (χ2n) is 7.61. The Morgan fingerprint density at radius 3 is 2.48 bits per heavy atom. The molecule has 0 bridgehead atoms. The monoisotopic (exact) mass is 394 g/mol. The number of benzene rings is 2. The number of rotatable bonds is 5. The average Bonchev–Trinajstić information content (AvgIpc) is 3.39. The molecule has 29 heavy (non-hydrogen) atoms. The topological polar surface area (TPSA) is 54.6 Å². The van der Waals surface area contributed by atoms with Crippen LogP contribution in [-0.4, -0.2) is 52.7 Å². The van der Waals surface area contributed by atoms with Gasteiger partial charge in [-0.25, -0.2) is 4.39 Å². The van der Waals surface area contributed by atoms with E-state index in [0.29, 0.717) is 18.3 Å². The van der Waals surface area contributed by atoms with Crippen LogP contribution in [0.25, 0.3) is 11.4 Å². The first-order valence-corrected chi connectivity index (χ1v) is 10.0. The minimum Gasteiger partial charge on any atom is -0.493 e. The van der Waals surface area contributed by atoms with E-state index in [1.807, 2.05) is 0 Å². The lowest BCUT2D eigenvalue weighted by Gasteiger charge is -2.34. The molecule has 2 aliphatic heterocycles. The fraction of sp³-hybridized carbons (Fsp3) is 0.364. The zero-order valence-corrected chi connectivity index (χ0v) is 16.2. The Kier molecular flexibility index (Phi) is 4.99. The van der Waals surface area contributed by atoms with Gasteiger partial charge < -0.3 is 9.26 Å². The van der Waals surface area contributed by atoms with Gasteiger partial charge in [0.1, 0.15) is 11.6 Å². The molecule has 150 valence electrons.